The highest BCUT2D eigenvalue weighted by molar-refractivity contribution is 7.14. The summed E-state index contributed by atoms with van der Waals surface area (Å²) in [5.74, 6) is -1.19. The number of aliphatic carboxylic acids is 1. The number of amides is 1. The van der Waals surface area contributed by atoms with E-state index in [0.717, 1.165) is 4.88 Å². The third-order valence-corrected chi connectivity index (χ3v) is 3.43. The Morgan fingerprint density at radius 3 is 2.61 bits per heavy atom. The van der Waals surface area contributed by atoms with Gasteiger partial charge in [0.2, 0.25) is 5.91 Å². The lowest BCUT2D eigenvalue weighted by Gasteiger charge is -1.98. The fourth-order valence-electron chi connectivity index (χ4n) is 1.37. The molecule has 0 aromatic carbocycles. The molecular weight excluding hydrogens is 254 g/mol. The van der Waals surface area contributed by atoms with Gasteiger partial charge in [0.1, 0.15) is 0 Å². The van der Waals surface area contributed by atoms with E-state index in [1.54, 1.807) is 6.07 Å². The van der Waals surface area contributed by atoms with E-state index in [-0.39, 0.29) is 24.5 Å². The van der Waals surface area contributed by atoms with Gasteiger partial charge in [-0.3, -0.25) is 14.4 Å². The molecule has 0 saturated carbocycles. The summed E-state index contributed by atoms with van der Waals surface area (Å²) in [4.78, 5) is 34.2. The highest BCUT2D eigenvalue weighted by Crippen LogP contribution is 2.19. The first-order chi connectivity index (χ1) is 8.49. The Kier molecular flexibility index (Phi) is 5.51. The maximum Gasteiger partial charge on any atom is 0.303 e. The molecule has 0 aliphatic carbocycles. The topological polar surface area (TPSA) is 83.5 Å². The third kappa shape index (κ3) is 5.09. The van der Waals surface area contributed by atoms with Gasteiger partial charge in [-0.1, -0.05) is 0 Å². The zero-order chi connectivity index (χ0) is 13.5. The zero-order valence-electron chi connectivity index (χ0n) is 10.1. The van der Waals surface area contributed by atoms with Crippen LogP contribution in [0.4, 0.5) is 0 Å². The molecular formula is C12H15NO4S. The summed E-state index contributed by atoms with van der Waals surface area (Å²) in [5.41, 5.74) is 0. The summed E-state index contributed by atoms with van der Waals surface area (Å²) >= 11 is 1.35. The second-order valence-corrected chi connectivity index (χ2v) is 4.98. The number of carbonyl (C=O) groups excluding carboxylic acids is 2. The van der Waals surface area contributed by atoms with Gasteiger partial charge in [0.25, 0.3) is 0 Å². The van der Waals surface area contributed by atoms with Crippen molar-refractivity contribution in [1.29, 1.82) is 0 Å². The Bertz CT molecular complexity index is 453. The largest absolute Gasteiger partial charge is 0.481 e. The molecule has 0 radical (unpaired) electrons. The number of carboxylic acid groups (broad SMARTS) is 1. The molecule has 0 spiro atoms. The number of hydrogen-bond donors (Lipinski definition) is 2. The van der Waals surface area contributed by atoms with E-state index in [1.807, 2.05) is 6.07 Å². The smallest absolute Gasteiger partial charge is 0.303 e. The molecule has 0 aliphatic rings. The van der Waals surface area contributed by atoms with Crippen LogP contribution in [-0.2, 0) is 16.0 Å². The second kappa shape index (κ2) is 6.90. The van der Waals surface area contributed by atoms with E-state index in [4.69, 9.17) is 5.11 Å². The number of hydrogen-bond acceptors (Lipinski definition) is 4. The molecule has 1 aromatic rings. The standard InChI is InChI=1S/C12H15NO4S/c1-8(14)13-7-6-9-2-4-11(18-9)10(15)3-5-12(16)17/h2,4H,3,5-7H2,1H3,(H,13,14)(H,16,17). The minimum atomic E-state index is -0.967. The molecule has 0 unspecified atom stereocenters. The lowest BCUT2D eigenvalue weighted by atomic mass is 10.2. The van der Waals surface area contributed by atoms with E-state index >= 15 is 0 Å². The Morgan fingerprint density at radius 2 is 2.00 bits per heavy atom. The molecule has 2 N–H and O–H groups in total. The molecule has 0 aliphatic heterocycles. The monoisotopic (exact) mass is 269 g/mol. The number of ketones is 1. The number of thiophene rings is 1. The first-order valence-electron chi connectivity index (χ1n) is 5.57. The lowest BCUT2D eigenvalue weighted by molar-refractivity contribution is -0.137. The van der Waals surface area contributed by atoms with Gasteiger partial charge in [0.15, 0.2) is 5.78 Å². The predicted molar refractivity (Wildman–Crippen MR) is 67.9 cm³/mol. The van der Waals surface area contributed by atoms with Gasteiger partial charge in [-0.2, -0.15) is 0 Å². The Balaban J connectivity index is 2.44. The van der Waals surface area contributed by atoms with Crippen LogP contribution in [0.25, 0.3) is 0 Å². The first-order valence-corrected chi connectivity index (χ1v) is 6.39. The van der Waals surface area contributed by atoms with E-state index in [9.17, 15) is 14.4 Å². The summed E-state index contributed by atoms with van der Waals surface area (Å²) in [6.45, 7) is 1.99. The summed E-state index contributed by atoms with van der Waals surface area (Å²) in [6.07, 6.45) is 0.565. The molecule has 1 aromatic heterocycles. The normalized spacial score (nSPS) is 10.1. The Labute approximate surface area is 109 Å². The van der Waals surface area contributed by atoms with Crippen LogP contribution < -0.4 is 5.32 Å². The molecule has 1 rings (SSSR count). The Hall–Kier alpha value is -1.69. The fourth-order valence-corrected chi connectivity index (χ4v) is 2.34. The number of carboxylic acids is 1. The average Bonchev–Trinajstić information content (AvgIpc) is 2.74. The summed E-state index contributed by atoms with van der Waals surface area (Å²) < 4.78 is 0. The van der Waals surface area contributed by atoms with Crippen molar-refractivity contribution < 1.29 is 19.5 Å². The zero-order valence-corrected chi connectivity index (χ0v) is 10.9. The van der Waals surface area contributed by atoms with E-state index in [0.29, 0.717) is 17.8 Å². The van der Waals surface area contributed by atoms with E-state index < -0.39 is 5.97 Å². The molecule has 0 atom stereocenters. The van der Waals surface area contributed by atoms with Crippen molar-refractivity contribution in [2.75, 3.05) is 6.54 Å². The second-order valence-electron chi connectivity index (χ2n) is 3.82. The summed E-state index contributed by atoms with van der Waals surface area (Å²) in [6, 6.07) is 3.54. The molecule has 0 fully saturated rings. The minimum absolute atomic E-state index is 0.0288. The number of nitrogens with one attached hydrogen (secondary N) is 1. The van der Waals surface area contributed by atoms with Gasteiger partial charge >= 0.3 is 5.97 Å². The fraction of sp³-hybridized carbons (Fsp3) is 0.417. The van der Waals surface area contributed by atoms with Crippen LogP contribution in [-0.4, -0.2) is 29.3 Å². The SMILES string of the molecule is CC(=O)NCCc1ccc(C(=O)CCC(=O)O)s1. The van der Waals surface area contributed by atoms with Gasteiger partial charge in [0.05, 0.1) is 11.3 Å². The van der Waals surface area contributed by atoms with Crippen molar-refractivity contribution in [1.82, 2.24) is 5.32 Å². The molecule has 6 heteroatoms. The lowest BCUT2D eigenvalue weighted by Crippen LogP contribution is -2.22. The van der Waals surface area contributed by atoms with Crippen molar-refractivity contribution in [2.24, 2.45) is 0 Å². The maximum atomic E-state index is 11.6. The molecule has 1 amide bonds. The van der Waals surface area contributed by atoms with Crippen molar-refractivity contribution in [3.63, 3.8) is 0 Å². The van der Waals surface area contributed by atoms with Crippen LogP contribution in [0.1, 0.15) is 34.3 Å². The van der Waals surface area contributed by atoms with Crippen molar-refractivity contribution in [2.45, 2.75) is 26.2 Å². The van der Waals surface area contributed by atoms with Gasteiger partial charge in [-0.25, -0.2) is 0 Å². The molecule has 5 nitrogen and oxygen atoms in total. The van der Waals surface area contributed by atoms with E-state index in [1.165, 1.54) is 18.3 Å². The predicted octanol–water partition coefficient (Wildman–Crippen LogP) is 1.47. The molecule has 1 heterocycles. The number of carbonyl (C=O) groups is 3. The van der Waals surface area contributed by atoms with Crippen LogP contribution in [0.15, 0.2) is 12.1 Å². The van der Waals surface area contributed by atoms with Crippen LogP contribution in [0.3, 0.4) is 0 Å². The van der Waals surface area contributed by atoms with Gasteiger partial charge in [-0.15, -0.1) is 11.3 Å². The molecule has 98 valence electrons. The van der Waals surface area contributed by atoms with Gasteiger partial charge < -0.3 is 10.4 Å². The van der Waals surface area contributed by atoms with Crippen molar-refractivity contribution in [3.05, 3.63) is 21.9 Å². The molecule has 18 heavy (non-hydrogen) atoms. The molecule has 0 bridgehead atoms. The quantitative estimate of drug-likeness (QED) is 0.734. The summed E-state index contributed by atoms with van der Waals surface area (Å²) in [7, 11) is 0. The average molecular weight is 269 g/mol. The van der Waals surface area contributed by atoms with Gasteiger partial charge in [0, 0.05) is 24.8 Å². The summed E-state index contributed by atoms with van der Waals surface area (Å²) in [5, 5.41) is 11.2. The number of Topliss-reactive ketones (excluding diaryl/α,β-unsaturated/α-hetero) is 1. The third-order valence-electron chi connectivity index (χ3n) is 2.25. The van der Waals surface area contributed by atoms with Crippen LogP contribution in [0.2, 0.25) is 0 Å². The maximum absolute atomic E-state index is 11.6. The van der Waals surface area contributed by atoms with Crippen molar-refractivity contribution in [3.8, 4) is 0 Å². The minimum Gasteiger partial charge on any atom is -0.481 e. The molecule has 0 saturated heterocycles. The van der Waals surface area contributed by atoms with Gasteiger partial charge in [-0.05, 0) is 18.6 Å². The van der Waals surface area contributed by atoms with Crippen LogP contribution >= 0.6 is 11.3 Å². The number of rotatable bonds is 7. The van der Waals surface area contributed by atoms with Crippen LogP contribution in [0.5, 0.6) is 0 Å². The Morgan fingerprint density at radius 1 is 1.28 bits per heavy atom. The first kappa shape index (κ1) is 14.4. The highest BCUT2D eigenvalue weighted by Gasteiger charge is 2.11. The van der Waals surface area contributed by atoms with Crippen molar-refractivity contribution >= 4 is 29.0 Å². The van der Waals surface area contributed by atoms with E-state index in [2.05, 4.69) is 5.32 Å². The van der Waals surface area contributed by atoms with Crippen LogP contribution in [0, 0.1) is 0 Å². The highest BCUT2D eigenvalue weighted by atomic mass is 32.1.